The van der Waals surface area contributed by atoms with Crippen molar-refractivity contribution in [1.82, 2.24) is 0 Å². The maximum atomic E-state index is 12.2. The Morgan fingerprint density at radius 2 is 1.31 bits per heavy atom. The largest absolute Gasteiger partial charge is 0.372 e. The third kappa shape index (κ3) is 2.05. The summed E-state index contributed by atoms with van der Waals surface area (Å²) in [7, 11) is 0. The van der Waals surface area contributed by atoms with E-state index in [1.54, 1.807) is 0 Å². The van der Waals surface area contributed by atoms with Gasteiger partial charge in [0.25, 0.3) is 0 Å². The van der Waals surface area contributed by atoms with Crippen LogP contribution in [0.5, 0.6) is 0 Å². The molecule has 0 aromatic heterocycles. The van der Waals surface area contributed by atoms with Crippen LogP contribution in [0.2, 0.25) is 0 Å². The van der Waals surface area contributed by atoms with Gasteiger partial charge in [0.05, 0.1) is 0 Å². The van der Waals surface area contributed by atoms with Gasteiger partial charge in [-0.1, -0.05) is 6.92 Å². The molecule has 7 heteroatoms. The highest BCUT2D eigenvalue weighted by Crippen LogP contribution is 2.43. The molecule has 1 atom stereocenters. The monoisotopic (exact) mass is 211 g/mol. The molecule has 0 aromatic rings. The van der Waals surface area contributed by atoms with Crippen LogP contribution in [0.4, 0.5) is 30.7 Å². The second-order valence-corrected chi connectivity index (χ2v) is 2.30. The molecule has 0 nitrogen and oxygen atoms in total. The van der Waals surface area contributed by atoms with Crippen molar-refractivity contribution >= 4 is 0 Å². The average molecular weight is 211 g/mol. The number of rotatable bonds is 4. The zero-order valence-corrected chi connectivity index (χ0v) is 6.21. The molecular formula is C6H6F7. The van der Waals surface area contributed by atoms with Gasteiger partial charge in [-0.15, -0.1) is 0 Å². The van der Waals surface area contributed by atoms with E-state index in [1.807, 2.05) is 0 Å². The second kappa shape index (κ2) is 3.71. The third-order valence-electron chi connectivity index (χ3n) is 1.37. The second-order valence-electron chi connectivity index (χ2n) is 2.30. The fraction of sp³-hybridized carbons (Fsp3) is 0.833. The van der Waals surface area contributed by atoms with Gasteiger partial charge in [-0.2, -0.15) is 17.6 Å². The molecule has 0 bridgehead atoms. The van der Waals surface area contributed by atoms with Crippen LogP contribution >= 0.6 is 0 Å². The van der Waals surface area contributed by atoms with Crippen molar-refractivity contribution in [3.8, 4) is 0 Å². The molecule has 0 heterocycles. The normalized spacial score (nSPS) is 16.4. The summed E-state index contributed by atoms with van der Waals surface area (Å²) in [5.41, 5.74) is 0. The van der Waals surface area contributed by atoms with E-state index in [2.05, 4.69) is 6.92 Å². The van der Waals surface area contributed by atoms with E-state index in [0.717, 1.165) is 0 Å². The first-order valence-electron chi connectivity index (χ1n) is 3.15. The molecule has 0 spiro atoms. The molecule has 0 unspecified atom stereocenters. The topological polar surface area (TPSA) is 0 Å². The van der Waals surface area contributed by atoms with Gasteiger partial charge < -0.3 is 0 Å². The fourth-order valence-electron chi connectivity index (χ4n) is 0.536. The lowest BCUT2D eigenvalue weighted by molar-refractivity contribution is -0.284. The quantitative estimate of drug-likeness (QED) is 0.627. The average Bonchev–Trinajstić information content (AvgIpc) is 2.02. The van der Waals surface area contributed by atoms with Crippen LogP contribution in [0, 0.1) is 6.92 Å². The minimum atomic E-state index is -5.66. The Morgan fingerprint density at radius 3 is 1.54 bits per heavy atom. The summed E-state index contributed by atoms with van der Waals surface area (Å²) < 4.78 is 83.3. The maximum absolute atomic E-state index is 12.2. The molecule has 0 saturated heterocycles. The Bertz CT molecular complexity index is 164. The van der Waals surface area contributed by atoms with Crippen LogP contribution in [-0.2, 0) is 0 Å². The number of hydrogen-bond acceptors (Lipinski definition) is 0. The number of halogens is 7. The summed E-state index contributed by atoms with van der Waals surface area (Å²) in [6, 6.07) is 0. The standard InChI is InChI=1S/C6H6F7/c1-2-3(7)5(10,11)6(12,13)4(8)9/h3-4H,1-2H2/t3-/m0/s1. The van der Waals surface area contributed by atoms with Gasteiger partial charge in [-0.05, 0) is 6.42 Å². The molecule has 0 rings (SSSR count). The van der Waals surface area contributed by atoms with E-state index in [1.165, 1.54) is 0 Å². The highest BCUT2D eigenvalue weighted by atomic mass is 19.3. The molecule has 0 N–H and O–H groups in total. The number of alkyl halides is 7. The van der Waals surface area contributed by atoms with Crippen molar-refractivity contribution in [2.24, 2.45) is 0 Å². The van der Waals surface area contributed by atoms with E-state index >= 15 is 0 Å². The van der Waals surface area contributed by atoms with Gasteiger partial charge in [0.2, 0.25) is 0 Å². The molecule has 13 heavy (non-hydrogen) atoms. The first-order valence-corrected chi connectivity index (χ1v) is 3.15. The van der Waals surface area contributed by atoms with Gasteiger partial charge in [-0.25, -0.2) is 13.2 Å². The molecule has 0 saturated carbocycles. The predicted molar refractivity (Wildman–Crippen MR) is 30.8 cm³/mol. The Balaban J connectivity index is 4.80. The smallest absolute Gasteiger partial charge is 0.241 e. The summed E-state index contributed by atoms with van der Waals surface area (Å²) in [5.74, 6) is -11.0. The van der Waals surface area contributed by atoms with Crippen molar-refractivity contribution in [3.05, 3.63) is 6.92 Å². The highest BCUT2D eigenvalue weighted by molar-refractivity contribution is 4.93. The summed E-state index contributed by atoms with van der Waals surface area (Å²) in [6.45, 7) is 2.59. The van der Waals surface area contributed by atoms with Crippen molar-refractivity contribution in [2.75, 3.05) is 0 Å². The molecule has 79 valence electrons. The highest BCUT2D eigenvalue weighted by Gasteiger charge is 2.66. The molecule has 0 fully saturated rings. The van der Waals surface area contributed by atoms with Gasteiger partial charge in [0.15, 0.2) is 6.17 Å². The first kappa shape index (κ1) is 12.5. The molecule has 0 amide bonds. The fourth-order valence-corrected chi connectivity index (χ4v) is 0.536. The van der Waals surface area contributed by atoms with Crippen molar-refractivity contribution in [1.29, 1.82) is 0 Å². The van der Waals surface area contributed by atoms with E-state index in [0.29, 0.717) is 0 Å². The Labute approximate surface area is 69.7 Å². The molecule has 1 radical (unpaired) electrons. The molecule has 0 aliphatic carbocycles. The van der Waals surface area contributed by atoms with Crippen LogP contribution in [0.15, 0.2) is 0 Å². The Kier molecular flexibility index (Phi) is 3.57. The van der Waals surface area contributed by atoms with E-state index < -0.39 is 30.9 Å². The Hall–Kier alpha value is -0.490. The van der Waals surface area contributed by atoms with Crippen molar-refractivity contribution in [2.45, 2.75) is 30.9 Å². The van der Waals surface area contributed by atoms with Gasteiger partial charge >= 0.3 is 18.3 Å². The summed E-state index contributed by atoms with van der Waals surface area (Å²) in [5, 5.41) is 0. The van der Waals surface area contributed by atoms with Crippen LogP contribution in [0.1, 0.15) is 6.42 Å². The predicted octanol–water partition coefficient (Wildman–Crippen LogP) is 3.08. The zero-order chi connectivity index (χ0) is 10.9. The third-order valence-corrected chi connectivity index (χ3v) is 1.37. The van der Waals surface area contributed by atoms with Crippen LogP contribution < -0.4 is 0 Å². The van der Waals surface area contributed by atoms with E-state index in [4.69, 9.17) is 0 Å². The minimum absolute atomic E-state index is 1.20. The maximum Gasteiger partial charge on any atom is 0.372 e. The lowest BCUT2D eigenvalue weighted by Crippen LogP contribution is -2.52. The van der Waals surface area contributed by atoms with Gasteiger partial charge in [0, 0.05) is 0 Å². The molecular weight excluding hydrogens is 205 g/mol. The van der Waals surface area contributed by atoms with Crippen molar-refractivity contribution in [3.63, 3.8) is 0 Å². The summed E-state index contributed by atoms with van der Waals surface area (Å²) in [4.78, 5) is 0. The van der Waals surface area contributed by atoms with E-state index in [9.17, 15) is 30.7 Å². The number of hydrogen-bond donors (Lipinski definition) is 0. The summed E-state index contributed by atoms with van der Waals surface area (Å²) in [6.07, 6.45) is -9.18. The zero-order valence-electron chi connectivity index (χ0n) is 6.21. The lowest BCUT2D eigenvalue weighted by Gasteiger charge is -2.27. The Morgan fingerprint density at radius 1 is 0.923 bits per heavy atom. The molecule has 0 aliphatic rings. The van der Waals surface area contributed by atoms with Gasteiger partial charge in [0.1, 0.15) is 0 Å². The minimum Gasteiger partial charge on any atom is -0.241 e. The molecule has 0 aliphatic heterocycles. The summed E-state index contributed by atoms with van der Waals surface area (Å²) >= 11 is 0. The van der Waals surface area contributed by atoms with Crippen molar-refractivity contribution < 1.29 is 30.7 Å². The first-order chi connectivity index (χ1) is 5.67. The van der Waals surface area contributed by atoms with Crippen LogP contribution in [0.3, 0.4) is 0 Å². The van der Waals surface area contributed by atoms with Crippen LogP contribution in [0.25, 0.3) is 0 Å². The van der Waals surface area contributed by atoms with Gasteiger partial charge in [-0.3, -0.25) is 0 Å². The SMILES string of the molecule is [CH2]C[C@H](F)C(F)(F)C(F)(F)C(F)F. The lowest BCUT2D eigenvalue weighted by atomic mass is 10.1. The molecule has 0 aromatic carbocycles. The van der Waals surface area contributed by atoms with Crippen LogP contribution in [-0.4, -0.2) is 24.4 Å². The van der Waals surface area contributed by atoms with E-state index in [-0.39, 0.29) is 0 Å².